The lowest BCUT2D eigenvalue weighted by Crippen LogP contribution is -2.40. The number of benzene rings is 2. The number of hydrogen-bond acceptors (Lipinski definition) is 4. The van der Waals surface area contributed by atoms with Gasteiger partial charge in [0.05, 0.1) is 0 Å². The summed E-state index contributed by atoms with van der Waals surface area (Å²) in [5, 5.41) is 4.17. The van der Waals surface area contributed by atoms with Crippen LogP contribution in [0.2, 0.25) is 0 Å². The molecule has 5 nitrogen and oxygen atoms in total. The van der Waals surface area contributed by atoms with E-state index in [2.05, 4.69) is 5.32 Å². The molecule has 0 atom stereocenters. The van der Waals surface area contributed by atoms with Crippen LogP contribution in [-0.4, -0.2) is 37.5 Å². The van der Waals surface area contributed by atoms with Crippen LogP contribution in [0.1, 0.15) is 29.0 Å². The number of rotatable bonds is 6. The molecule has 0 bridgehead atoms. The van der Waals surface area contributed by atoms with Crippen molar-refractivity contribution in [3.8, 4) is 5.75 Å². The van der Waals surface area contributed by atoms with Gasteiger partial charge in [0.25, 0.3) is 5.91 Å². The first kappa shape index (κ1) is 18.6. The number of piperidine rings is 1. The molecule has 0 unspecified atom stereocenters. The molecular weight excluding hydrogens is 352 g/mol. The van der Waals surface area contributed by atoms with Gasteiger partial charge in [0.2, 0.25) is 0 Å². The molecule has 1 N–H and O–H groups in total. The summed E-state index contributed by atoms with van der Waals surface area (Å²) in [6.45, 7) is 2.84. The van der Waals surface area contributed by atoms with Crippen LogP contribution in [0.3, 0.4) is 0 Å². The molecule has 1 aliphatic heterocycles. The van der Waals surface area contributed by atoms with E-state index in [9.17, 15) is 4.79 Å². The summed E-state index contributed by atoms with van der Waals surface area (Å²) in [6.07, 6.45) is 2.03. The summed E-state index contributed by atoms with van der Waals surface area (Å²) < 4.78 is 11.9. The SMILES string of the molecule is CNCC1CCN(C(=O)c2oc3ccccc3c2COc2ccccc2)CC1. The summed E-state index contributed by atoms with van der Waals surface area (Å²) >= 11 is 0. The number of carbonyl (C=O) groups excluding carboxylic acids is 1. The predicted molar refractivity (Wildman–Crippen MR) is 110 cm³/mol. The van der Waals surface area contributed by atoms with Gasteiger partial charge in [-0.15, -0.1) is 0 Å². The van der Waals surface area contributed by atoms with Crippen molar-refractivity contribution >= 4 is 16.9 Å². The fourth-order valence-electron chi connectivity index (χ4n) is 3.86. The molecule has 1 aliphatic rings. The number of nitrogens with one attached hydrogen (secondary N) is 1. The van der Waals surface area contributed by atoms with Crippen molar-refractivity contribution in [2.24, 2.45) is 5.92 Å². The highest BCUT2D eigenvalue weighted by Gasteiger charge is 2.28. The van der Waals surface area contributed by atoms with E-state index in [1.807, 2.05) is 66.5 Å². The van der Waals surface area contributed by atoms with E-state index in [4.69, 9.17) is 9.15 Å². The Bertz CT molecular complexity index is 927. The van der Waals surface area contributed by atoms with Crippen molar-refractivity contribution in [2.45, 2.75) is 19.4 Å². The van der Waals surface area contributed by atoms with Crippen molar-refractivity contribution in [3.63, 3.8) is 0 Å². The lowest BCUT2D eigenvalue weighted by Gasteiger charge is -2.31. The predicted octanol–water partition coefficient (Wildman–Crippen LogP) is 4.08. The van der Waals surface area contributed by atoms with E-state index in [1.165, 1.54) is 0 Å². The highest BCUT2D eigenvalue weighted by atomic mass is 16.5. The molecule has 0 saturated carbocycles. The quantitative estimate of drug-likeness (QED) is 0.702. The number of para-hydroxylation sites is 2. The highest BCUT2D eigenvalue weighted by Crippen LogP contribution is 2.29. The number of hydrogen-bond donors (Lipinski definition) is 1. The first-order valence-electron chi connectivity index (χ1n) is 9.88. The average Bonchev–Trinajstić information content (AvgIpc) is 3.12. The highest BCUT2D eigenvalue weighted by molar-refractivity contribution is 5.99. The lowest BCUT2D eigenvalue weighted by atomic mass is 9.96. The Kier molecular flexibility index (Phi) is 5.63. The van der Waals surface area contributed by atoms with Crippen LogP contribution in [0.4, 0.5) is 0 Å². The summed E-state index contributed by atoms with van der Waals surface area (Å²) in [5.74, 6) is 1.78. The lowest BCUT2D eigenvalue weighted by molar-refractivity contribution is 0.0657. The average molecular weight is 378 g/mol. The maximum Gasteiger partial charge on any atom is 0.290 e. The molecule has 146 valence electrons. The van der Waals surface area contributed by atoms with E-state index in [0.29, 0.717) is 18.3 Å². The van der Waals surface area contributed by atoms with Gasteiger partial charge in [-0.2, -0.15) is 0 Å². The molecule has 1 saturated heterocycles. The minimum atomic E-state index is -0.0363. The maximum absolute atomic E-state index is 13.2. The van der Waals surface area contributed by atoms with E-state index in [1.54, 1.807) is 0 Å². The largest absolute Gasteiger partial charge is 0.489 e. The van der Waals surface area contributed by atoms with E-state index in [-0.39, 0.29) is 5.91 Å². The fourth-order valence-corrected chi connectivity index (χ4v) is 3.86. The number of fused-ring (bicyclic) bond motifs is 1. The van der Waals surface area contributed by atoms with Gasteiger partial charge < -0.3 is 19.4 Å². The Balaban J connectivity index is 1.57. The number of nitrogens with zero attached hydrogens (tertiary/aromatic N) is 1. The second-order valence-electron chi connectivity index (χ2n) is 7.30. The van der Waals surface area contributed by atoms with Gasteiger partial charge in [-0.3, -0.25) is 4.79 Å². The Labute approximate surface area is 165 Å². The van der Waals surface area contributed by atoms with Crippen LogP contribution < -0.4 is 10.1 Å². The molecule has 0 radical (unpaired) electrons. The first-order chi connectivity index (χ1) is 13.8. The maximum atomic E-state index is 13.2. The van der Waals surface area contributed by atoms with E-state index in [0.717, 1.165) is 54.8 Å². The van der Waals surface area contributed by atoms with Gasteiger partial charge in [0, 0.05) is 24.0 Å². The monoisotopic (exact) mass is 378 g/mol. The normalized spacial score (nSPS) is 15.1. The molecule has 28 heavy (non-hydrogen) atoms. The first-order valence-corrected chi connectivity index (χ1v) is 9.88. The zero-order chi connectivity index (χ0) is 19.3. The van der Waals surface area contributed by atoms with Crippen LogP contribution in [0.5, 0.6) is 5.75 Å². The number of carbonyl (C=O) groups is 1. The summed E-state index contributed by atoms with van der Waals surface area (Å²) in [5.41, 5.74) is 1.55. The number of likely N-dealkylation sites (tertiary alicyclic amines) is 1. The van der Waals surface area contributed by atoms with E-state index >= 15 is 0 Å². The molecule has 0 spiro atoms. The van der Waals surface area contributed by atoms with E-state index < -0.39 is 0 Å². The Morgan fingerprint density at radius 1 is 1.11 bits per heavy atom. The molecule has 0 aliphatic carbocycles. The topological polar surface area (TPSA) is 54.7 Å². The molecular formula is C23H26N2O3. The second-order valence-corrected chi connectivity index (χ2v) is 7.30. The standard InChI is InChI=1S/C23H26N2O3/c1-24-15-17-11-13-25(14-12-17)23(26)22-20(16-27-18-7-3-2-4-8-18)19-9-5-6-10-21(19)28-22/h2-10,17,24H,11-16H2,1H3. The summed E-state index contributed by atoms with van der Waals surface area (Å²) in [6, 6.07) is 17.4. The molecule has 2 aromatic carbocycles. The van der Waals surface area contributed by atoms with Gasteiger partial charge in [0.15, 0.2) is 5.76 Å². The number of ether oxygens (including phenoxy) is 1. The van der Waals surface area contributed by atoms with Crippen LogP contribution in [0, 0.1) is 5.92 Å². The molecule has 1 fully saturated rings. The van der Waals surface area contributed by atoms with Gasteiger partial charge in [-0.05, 0) is 50.6 Å². The third kappa shape index (κ3) is 3.90. The van der Waals surface area contributed by atoms with Crippen LogP contribution in [-0.2, 0) is 6.61 Å². The fraction of sp³-hybridized carbons (Fsp3) is 0.348. The zero-order valence-corrected chi connectivity index (χ0v) is 16.2. The Morgan fingerprint density at radius 2 is 1.82 bits per heavy atom. The molecule has 2 heterocycles. The third-order valence-corrected chi connectivity index (χ3v) is 5.41. The molecule has 1 amide bonds. The summed E-state index contributed by atoms with van der Waals surface area (Å²) in [4.78, 5) is 15.1. The van der Waals surface area contributed by atoms with Crippen molar-refractivity contribution < 1.29 is 13.9 Å². The van der Waals surface area contributed by atoms with Crippen molar-refractivity contribution in [1.29, 1.82) is 0 Å². The van der Waals surface area contributed by atoms with Gasteiger partial charge in [0.1, 0.15) is 17.9 Å². The zero-order valence-electron chi connectivity index (χ0n) is 16.2. The third-order valence-electron chi connectivity index (χ3n) is 5.41. The van der Waals surface area contributed by atoms with Crippen molar-refractivity contribution in [2.75, 3.05) is 26.7 Å². The minimum Gasteiger partial charge on any atom is -0.489 e. The summed E-state index contributed by atoms with van der Waals surface area (Å²) in [7, 11) is 1.98. The molecule has 5 heteroatoms. The molecule has 1 aromatic heterocycles. The smallest absolute Gasteiger partial charge is 0.290 e. The van der Waals surface area contributed by atoms with Gasteiger partial charge >= 0.3 is 0 Å². The minimum absolute atomic E-state index is 0.0363. The molecule has 4 rings (SSSR count). The van der Waals surface area contributed by atoms with Crippen LogP contribution >= 0.6 is 0 Å². The van der Waals surface area contributed by atoms with Gasteiger partial charge in [-0.25, -0.2) is 0 Å². The van der Waals surface area contributed by atoms with Gasteiger partial charge in [-0.1, -0.05) is 36.4 Å². The number of amides is 1. The Hall–Kier alpha value is -2.79. The van der Waals surface area contributed by atoms with Crippen molar-refractivity contribution in [1.82, 2.24) is 10.2 Å². The molecule has 3 aromatic rings. The Morgan fingerprint density at radius 3 is 2.57 bits per heavy atom. The number of furan rings is 1. The van der Waals surface area contributed by atoms with Crippen LogP contribution in [0.15, 0.2) is 59.0 Å². The van der Waals surface area contributed by atoms with Crippen LogP contribution in [0.25, 0.3) is 11.0 Å². The van der Waals surface area contributed by atoms with Crippen molar-refractivity contribution in [3.05, 3.63) is 65.9 Å². The second kappa shape index (κ2) is 8.48.